The SMILES string of the molecule is CCCNc1ncnc(-c2ccc(Br)c(Cl)c2F)c1CC. The second-order valence-corrected chi connectivity index (χ2v) is 5.78. The predicted molar refractivity (Wildman–Crippen MR) is 88.3 cm³/mol. The zero-order valence-corrected chi connectivity index (χ0v) is 14.2. The van der Waals surface area contributed by atoms with Gasteiger partial charge < -0.3 is 5.32 Å². The van der Waals surface area contributed by atoms with Crippen molar-refractivity contribution in [3.63, 3.8) is 0 Å². The molecule has 112 valence electrons. The van der Waals surface area contributed by atoms with Crippen LogP contribution in [0.15, 0.2) is 22.9 Å². The summed E-state index contributed by atoms with van der Waals surface area (Å²) in [6, 6.07) is 3.40. The van der Waals surface area contributed by atoms with Crippen LogP contribution in [0.1, 0.15) is 25.8 Å². The largest absolute Gasteiger partial charge is 0.370 e. The van der Waals surface area contributed by atoms with Crippen LogP contribution in [-0.4, -0.2) is 16.5 Å². The summed E-state index contributed by atoms with van der Waals surface area (Å²) in [5, 5.41) is 3.32. The molecule has 3 nitrogen and oxygen atoms in total. The van der Waals surface area contributed by atoms with Gasteiger partial charge in [0.15, 0.2) is 5.82 Å². The molecule has 0 saturated heterocycles. The summed E-state index contributed by atoms with van der Waals surface area (Å²) in [6.07, 6.45) is 3.14. The summed E-state index contributed by atoms with van der Waals surface area (Å²) in [5.41, 5.74) is 1.86. The molecule has 0 aliphatic carbocycles. The second kappa shape index (κ2) is 7.18. The molecule has 2 aromatic rings. The van der Waals surface area contributed by atoms with Crippen molar-refractivity contribution in [1.29, 1.82) is 0 Å². The van der Waals surface area contributed by atoms with Gasteiger partial charge in [-0.05, 0) is 40.9 Å². The lowest BCUT2D eigenvalue weighted by molar-refractivity contribution is 0.630. The predicted octanol–water partition coefficient (Wildman–Crippen LogP) is 5.08. The zero-order chi connectivity index (χ0) is 15.4. The summed E-state index contributed by atoms with van der Waals surface area (Å²) in [4.78, 5) is 8.51. The second-order valence-electron chi connectivity index (χ2n) is 4.55. The fourth-order valence-electron chi connectivity index (χ4n) is 2.08. The Hall–Kier alpha value is -1.20. The number of benzene rings is 1. The lowest BCUT2D eigenvalue weighted by atomic mass is 10.0. The van der Waals surface area contributed by atoms with E-state index >= 15 is 0 Å². The molecule has 0 amide bonds. The van der Waals surface area contributed by atoms with Gasteiger partial charge in [-0.2, -0.15) is 0 Å². The molecule has 0 atom stereocenters. The van der Waals surface area contributed by atoms with Crippen molar-refractivity contribution in [3.8, 4) is 11.3 Å². The van der Waals surface area contributed by atoms with Gasteiger partial charge in [-0.15, -0.1) is 0 Å². The van der Waals surface area contributed by atoms with Gasteiger partial charge in [-0.3, -0.25) is 0 Å². The maximum atomic E-state index is 14.4. The highest BCUT2D eigenvalue weighted by atomic mass is 79.9. The molecule has 1 heterocycles. The van der Waals surface area contributed by atoms with Crippen LogP contribution in [0.25, 0.3) is 11.3 Å². The van der Waals surface area contributed by atoms with Crippen LogP contribution in [0.3, 0.4) is 0 Å². The Kier molecular flexibility index (Phi) is 5.53. The fourth-order valence-corrected chi connectivity index (χ4v) is 2.55. The van der Waals surface area contributed by atoms with E-state index in [0.717, 1.165) is 24.3 Å². The lowest BCUT2D eigenvalue weighted by Crippen LogP contribution is -2.07. The van der Waals surface area contributed by atoms with Crippen molar-refractivity contribution in [2.45, 2.75) is 26.7 Å². The smallest absolute Gasteiger partial charge is 0.152 e. The monoisotopic (exact) mass is 371 g/mol. The molecule has 1 N–H and O–H groups in total. The molecule has 0 radical (unpaired) electrons. The van der Waals surface area contributed by atoms with E-state index in [-0.39, 0.29) is 5.02 Å². The summed E-state index contributed by atoms with van der Waals surface area (Å²) >= 11 is 9.19. The Labute approximate surface area is 137 Å². The van der Waals surface area contributed by atoms with Crippen LogP contribution in [0.4, 0.5) is 10.2 Å². The minimum absolute atomic E-state index is 0.0660. The van der Waals surface area contributed by atoms with E-state index in [0.29, 0.717) is 22.2 Å². The highest BCUT2D eigenvalue weighted by Crippen LogP contribution is 2.34. The van der Waals surface area contributed by atoms with Gasteiger partial charge in [0, 0.05) is 22.1 Å². The first-order chi connectivity index (χ1) is 10.1. The zero-order valence-electron chi connectivity index (χ0n) is 11.9. The molecule has 1 aromatic heterocycles. The fraction of sp³-hybridized carbons (Fsp3) is 0.333. The third kappa shape index (κ3) is 3.35. The standard InChI is InChI=1S/C15H16BrClFN3/c1-3-7-19-15-9(4-2)14(20-8-21-15)10-5-6-11(16)12(17)13(10)18/h5-6,8H,3-4,7H2,1-2H3,(H,19,20,21). The Morgan fingerprint density at radius 1 is 1.29 bits per heavy atom. The summed E-state index contributed by atoms with van der Waals surface area (Å²) < 4.78 is 14.9. The maximum absolute atomic E-state index is 14.4. The van der Waals surface area contributed by atoms with Crippen LogP contribution in [0.5, 0.6) is 0 Å². The average Bonchev–Trinajstić information content (AvgIpc) is 2.50. The van der Waals surface area contributed by atoms with Crippen molar-refractivity contribution in [3.05, 3.63) is 39.3 Å². The van der Waals surface area contributed by atoms with Crippen LogP contribution in [-0.2, 0) is 6.42 Å². The maximum Gasteiger partial charge on any atom is 0.152 e. The number of aromatic nitrogens is 2. The molecular formula is C15H16BrClFN3. The third-order valence-electron chi connectivity index (χ3n) is 3.13. The van der Waals surface area contributed by atoms with E-state index in [1.54, 1.807) is 12.1 Å². The summed E-state index contributed by atoms with van der Waals surface area (Å²) in [7, 11) is 0. The molecule has 0 unspecified atom stereocenters. The highest BCUT2D eigenvalue weighted by Gasteiger charge is 2.17. The molecule has 0 aliphatic heterocycles. The van der Waals surface area contributed by atoms with Crippen LogP contribution >= 0.6 is 27.5 Å². The quantitative estimate of drug-likeness (QED) is 0.743. The van der Waals surface area contributed by atoms with Gasteiger partial charge >= 0.3 is 0 Å². The highest BCUT2D eigenvalue weighted by molar-refractivity contribution is 9.10. The molecule has 1 aromatic carbocycles. The molecule has 0 spiro atoms. The summed E-state index contributed by atoms with van der Waals surface area (Å²) in [6.45, 7) is 4.89. The van der Waals surface area contributed by atoms with Gasteiger partial charge in [0.1, 0.15) is 12.1 Å². The molecule has 0 aliphatic rings. The molecule has 21 heavy (non-hydrogen) atoms. The number of hydrogen-bond donors (Lipinski definition) is 1. The van der Waals surface area contributed by atoms with E-state index < -0.39 is 5.82 Å². The Bertz CT molecular complexity index is 649. The Balaban J connectivity index is 2.56. The van der Waals surface area contributed by atoms with E-state index in [1.807, 2.05) is 6.92 Å². The van der Waals surface area contributed by atoms with Crippen LogP contribution in [0.2, 0.25) is 5.02 Å². The molecule has 6 heteroatoms. The van der Waals surface area contributed by atoms with Crippen molar-refractivity contribution >= 4 is 33.3 Å². The van der Waals surface area contributed by atoms with Gasteiger partial charge in [0.2, 0.25) is 0 Å². The van der Waals surface area contributed by atoms with Gasteiger partial charge in [0.25, 0.3) is 0 Å². The molecule has 0 fully saturated rings. The number of halogens is 3. The van der Waals surface area contributed by atoms with Crippen LogP contribution in [0, 0.1) is 5.82 Å². The molecular weight excluding hydrogens is 357 g/mol. The first-order valence-electron chi connectivity index (χ1n) is 6.81. The van der Waals surface area contributed by atoms with Crippen molar-refractivity contribution in [2.75, 3.05) is 11.9 Å². The molecule has 0 bridgehead atoms. The topological polar surface area (TPSA) is 37.8 Å². The first kappa shape index (κ1) is 16.2. The number of nitrogens with zero attached hydrogens (tertiary/aromatic N) is 2. The van der Waals surface area contributed by atoms with Gasteiger partial charge in [0.05, 0.1) is 10.7 Å². The van der Waals surface area contributed by atoms with E-state index in [1.165, 1.54) is 6.33 Å². The first-order valence-corrected chi connectivity index (χ1v) is 7.98. The number of hydrogen-bond acceptors (Lipinski definition) is 3. The molecule has 2 rings (SSSR count). The third-order valence-corrected chi connectivity index (χ3v) is 4.39. The number of nitrogens with one attached hydrogen (secondary N) is 1. The minimum Gasteiger partial charge on any atom is -0.370 e. The van der Waals surface area contributed by atoms with E-state index in [9.17, 15) is 4.39 Å². The van der Waals surface area contributed by atoms with Crippen molar-refractivity contribution in [2.24, 2.45) is 0 Å². The lowest BCUT2D eigenvalue weighted by Gasteiger charge is -2.14. The van der Waals surface area contributed by atoms with Gasteiger partial charge in [-0.1, -0.05) is 25.4 Å². The Morgan fingerprint density at radius 3 is 2.71 bits per heavy atom. The van der Waals surface area contributed by atoms with Crippen molar-refractivity contribution in [1.82, 2.24) is 9.97 Å². The van der Waals surface area contributed by atoms with Crippen molar-refractivity contribution < 1.29 is 4.39 Å². The van der Waals surface area contributed by atoms with Gasteiger partial charge in [-0.25, -0.2) is 14.4 Å². The Morgan fingerprint density at radius 2 is 2.05 bits per heavy atom. The van der Waals surface area contributed by atoms with Crippen LogP contribution < -0.4 is 5.32 Å². The minimum atomic E-state index is -0.471. The van der Waals surface area contributed by atoms with E-state index in [2.05, 4.69) is 38.1 Å². The summed E-state index contributed by atoms with van der Waals surface area (Å²) in [5.74, 6) is 0.281. The number of rotatable bonds is 5. The normalized spacial score (nSPS) is 10.7. The average molecular weight is 373 g/mol. The molecule has 0 saturated carbocycles. The van der Waals surface area contributed by atoms with E-state index in [4.69, 9.17) is 11.6 Å². The number of anilines is 1.